The number of aromatic nitrogens is 8. The molecule has 506 valence electrons. The normalized spacial score (nSPS) is 12.2. The summed E-state index contributed by atoms with van der Waals surface area (Å²) in [6.45, 7) is 17.9. The molecule has 0 aliphatic carbocycles. The second-order valence-electron chi connectivity index (χ2n) is 28.8. The number of nitrogens with zero attached hydrogens (tertiary/aromatic N) is 6. The van der Waals surface area contributed by atoms with E-state index in [4.69, 9.17) is 48.9 Å². The van der Waals surface area contributed by atoms with E-state index in [0.29, 0.717) is 130 Å². The number of hydrogen-bond acceptors (Lipinski definition) is 10. The Balaban J connectivity index is 0.872. The smallest absolute Gasteiger partial charge is 0.168 e. The molecule has 2 aliphatic heterocycles. The highest BCUT2D eigenvalue weighted by Crippen LogP contribution is 2.48. The summed E-state index contributed by atoms with van der Waals surface area (Å²) >= 11 is 0. The van der Waals surface area contributed by atoms with E-state index in [9.17, 15) is 0 Å². The number of nitrogens with one attached hydrogen (secondary N) is 2. The van der Waals surface area contributed by atoms with Gasteiger partial charge in [0.05, 0.1) is 21.9 Å². The average Bonchev–Trinajstić information content (AvgIpc) is 1.58. The summed E-state index contributed by atoms with van der Waals surface area (Å²) in [6, 6.07) is 99.1. The van der Waals surface area contributed by atoms with Gasteiger partial charge in [-0.05, 0) is 117 Å². The molecule has 0 saturated heterocycles. The zero-order valence-electron chi connectivity index (χ0n) is 59.0. The molecular formula is C92H74N8O4. The molecule has 5 heterocycles. The Hall–Kier alpha value is -12.8. The van der Waals surface area contributed by atoms with E-state index >= 15 is 0 Å². The maximum atomic E-state index is 7.03. The fourth-order valence-corrected chi connectivity index (χ4v) is 14.6. The van der Waals surface area contributed by atoms with E-state index in [-0.39, 0.29) is 21.7 Å². The van der Waals surface area contributed by atoms with Gasteiger partial charge in [-0.2, -0.15) is 0 Å². The van der Waals surface area contributed by atoms with Gasteiger partial charge < -0.3 is 28.9 Å². The van der Waals surface area contributed by atoms with Crippen LogP contribution in [0.5, 0.6) is 46.0 Å². The zero-order valence-corrected chi connectivity index (χ0v) is 59.0. The molecule has 0 unspecified atom stereocenters. The van der Waals surface area contributed by atoms with E-state index < -0.39 is 0 Å². The number of hydrogen-bond donors (Lipinski definition) is 2. The van der Waals surface area contributed by atoms with Crippen molar-refractivity contribution >= 4 is 44.1 Å². The van der Waals surface area contributed by atoms with Gasteiger partial charge in [0.15, 0.2) is 23.3 Å². The summed E-state index contributed by atoms with van der Waals surface area (Å²) in [4.78, 5) is 40.4. The first-order valence-electron chi connectivity index (χ1n) is 35.2. The van der Waals surface area contributed by atoms with Crippen LogP contribution in [-0.4, -0.2) is 39.9 Å². The first kappa shape index (κ1) is 64.6. The van der Waals surface area contributed by atoms with E-state index in [1.165, 1.54) is 22.3 Å². The van der Waals surface area contributed by atoms with Gasteiger partial charge in [0.1, 0.15) is 68.6 Å². The van der Waals surface area contributed by atoms with Gasteiger partial charge in [-0.15, -0.1) is 0 Å². The Bertz CT molecular complexity index is 5940. The number of benzene rings is 12. The second-order valence-corrected chi connectivity index (χ2v) is 28.8. The van der Waals surface area contributed by atoms with Crippen LogP contribution in [0.15, 0.2) is 291 Å². The van der Waals surface area contributed by atoms with Crippen molar-refractivity contribution in [2.45, 2.75) is 77.0 Å². The minimum Gasteiger partial charge on any atom is -0.457 e. The van der Waals surface area contributed by atoms with Gasteiger partial charge in [0.25, 0.3) is 0 Å². The maximum Gasteiger partial charge on any atom is 0.168 e. The molecule has 0 radical (unpaired) electrons. The molecule has 3 aromatic heterocycles. The van der Waals surface area contributed by atoms with Gasteiger partial charge in [-0.3, -0.25) is 0 Å². The predicted octanol–water partition coefficient (Wildman–Crippen LogP) is 23.3. The minimum absolute atomic E-state index is 0.259. The topological polar surface area (TPSA) is 146 Å². The Morgan fingerprint density at radius 3 is 0.788 bits per heavy atom. The average molecular weight is 1360 g/mol. The molecule has 104 heavy (non-hydrogen) atoms. The van der Waals surface area contributed by atoms with Crippen molar-refractivity contribution in [2.24, 2.45) is 0 Å². The van der Waals surface area contributed by atoms with Gasteiger partial charge in [0.2, 0.25) is 0 Å². The molecular weight excluding hydrogens is 1280 g/mol. The number of rotatable bonds is 16. The summed E-state index contributed by atoms with van der Waals surface area (Å²) in [7, 11) is 0. The highest BCUT2D eigenvalue weighted by molar-refractivity contribution is 6.10. The Morgan fingerprint density at radius 2 is 0.471 bits per heavy atom. The molecule has 0 amide bonds. The lowest BCUT2D eigenvalue weighted by atomic mass is 9.78. The molecule has 8 bridgehead atoms. The van der Waals surface area contributed by atoms with Gasteiger partial charge in [-0.25, -0.2) is 29.9 Å². The lowest BCUT2D eigenvalue weighted by Gasteiger charge is -2.26. The van der Waals surface area contributed by atoms with E-state index in [1.54, 1.807) is 0 Å². The van der Waals surface area contributed by atoms with Crippen molar-refractivity contribution in [3.8, 4) is 91.5 Å². The fraction of sp³-hybridized carbons (Fsp3) is 0.130. The van der Waals surface area contributed by atoms with Crippen molar-refractivity contribution < 1.29 is 18.9 Å². The largest absolute Gasteiger partial charge is 0.457 e. The van der Waals surface area contributed by atoms with Crippen molar-refractivity contribution in [3.05, 3.63) is 336 Å². The Morgan fingerprint density at radius 1 is 0.221 bits per heavy atom. The molecule has 0 fully saturated rings. The van der Waals surface area contributed by atoms with Crippen LogP contribution in [0.2, 0.25) is 0 Å². The zero-order chi connectivity index (χ0) is 70.9. The summed E-state index contributed by atoms with van der Waals surface area (Å²) in [5.41, 5.74) is 12.9. The quantitative estimate of drug-likeness (QED) is 0.0959. The summed E-state index contributed by atoms with van der Waals surface area (Å²) in [6.07, 6.45) is 0. The van der Waals surface area contributed by atoms with E-state index in [2.05, 4.69) is 211 Å². The number of ether oxygens (including phenoxy) is 4. The third kappa shape index (κ3) is 11.7. The van der Waals surface area contributed by atoms with Gasteiger partial charge in [-0.1, -0.05) is 274 Å². The first-order valence-corrected chi connectivity index (χ1v) is 35.2. The minimum atomic E-state index is -0.266. The van der Waals surface area contributed by atoms with Crippen LogP contribution in [0.25, 0.3) is 89.7 Å². The lowest BCUT2D eigenvalue weighted by Crippen LogP contribution is -2.18. The number of H-pyrrole nitrogens is 2. The van der Waals surface area contributed by atoms with Crippen LogP contribution in [0.4, 0.5) is 0 Å². The van der Waals surface area contributed by atoms with Gasteiger partial charge in [0, 0.05) is 43.6 Å². The summed E-state index contributed by atoms with van der Waals surface area (Å²) < 4.78 is 28.1. The predicted molar refractivity (Wildman–Crippen MR) is 416 cm³/mol. The Labute approximate surface area is 603 Å². The standard InChI is InChI=1S/C92H74N8O4/c1-89(2,57-25-13-9-14-26-57)61-41-49-65(50-42-61)101-73-37-21-33-69-77(73)85-94-81(69)93-82-70-34-22-39-75(103-67-53-45-63(46-54-67)91(5,6)59-29-17-11-18-30-59)79(70)87(95-82)100-88-80-72(36-24-40-76(80)104-68-55-47-64(48-56-68)92(7,8)60-31-19-12-20-32-60)84(99-88)98-86-78-71(83(96-85)97-86)35-23-38-74(78)102-66-51-43-62(44-52-66)90(3,4)58-27-15-10-16-28-58/h9-56H,1-8H3,(H2,93,94,95,96,97,98,99,100). The molecule has 0 spiro atoms. The molecule has 2 aliphatic rings. The van der Waals surface area contributed by atoms with Crippen LogP contribution in [0.1, 0.15) is 99.9 Å². The van der Waals surface area contributed by atoms with Crippen LogP contribution >= 0.6 is 0 Å². The van der Waals surface area contributed by atoms with Crippen molar-refractivity contribution in [2.75, 3.05) is 0 Å². The summed E-state index contributed by atoms with van der Waals surface area (Å²) in [5, 5.41) is 2.78. The Kier molecular flexibility index (Phi) is 15.9. The molecule has 0 atom stereocenters. The second kappa shape index (κ2) is 25.7. The van der Waals surface area contributed by atoms with Crippen molar-refractivity contribution in [1.29, 1.82) is 0 Å². The van der Waals surface area contributed by atoms with Crippen molar-refractivity contribution in [3.63, 3.8) is 0 Å². The third-order valence-corrected chi connectivity index (χ3v) is 21.0. The number of aromatic amines is 2. The van der Waals surface area contributed by atoms with Gasteiger partial charge >= 0.3 is 0 Å². The highest BCUT2D eigenvalue weighted by atomic mass is 16.5. The highest BCUT2D eigenvalue weighted by Gasteiger charge is 2.31. The molecule has 0 saturated carbocycles. The molecule has 2 N–H and O–H groups in total. The van der Waals surface area contributed by atoms with Crippen LogP contribution in [-0.2, 0) is 21.7 Å². The SMILES string of the molecule is CC(C)(c1ccccc1)c1ccc(Oc2cccc3c2-c2nc-3nc3[nH]c(nc4nc(nc5[nH]c(n2)c2cccc(Oc6ccc(C(C)(C)c7ccccc7)cc6)c52)-c2c(Oc5ccc(C(C)(C)c6ccccc6)cc5)cccc2-4)c2cccc(Oc4ccc(C(C)(C)c5ccccc5)cc4)c32)cc1. The maximum absolute atomic E-state index is 7.03. The molecule has 12 heteroatoms. The first-order chi connectivity index (χ1) is 50.5. The molecule has 15 aromatic rings. The lowest BCUT2D eigenvalue weighted by molar-refractivity contribution is 0.483. The molecule has 12 aromatic carbocycles. The molecule has 17 rings (SSSR count). The van der Waals surface area contributed by atoms with E-state index in [0.717, 1.165) is 27.6 Å². The fourth-order valence-electron chi connectivity index (χ4n) is 14.6. The number of fused-ring (bicyclic) bond motifs is 20. The van der Waals surface area contributed by atoms with Crippen molar-refractivity contribution in [1.82, 2.24) is 39.9 Å². The van der Waals surface area contributed by atoms with Crippen LogP contribution < -0.4 is 18.9 Å². The monoisotopic (exact) mass is 1350 g/mol. The van der Waals surface area contributed by atoms with Crippen LogP contribution in [0.3, 0.4) is 0 Å². The third-order valence-electron chi connectivity index (χ3n) is 21.0. The summed E-state index contributed by atoms with van der Waals surface area (Å²) in [5.74, 6) is 6.19. The molecule has 12 nitrogen and oxygen atoms in total. The van der Waals surface area contributed by atoms with E-state index in [1.807, 2.05) is 146 Å². The van der Waals surface area contributed by atoms with Crippen LogP contribution in [0, 0.1) is 0 Å².